The molecule has 0 aromatic carbocycles. The monoisotopic (exact) mass is 475 g/mol. The summed E-state index contributed by atoms with van der Waals surface area (Å²) < 4.78 is 64.7. The van der Waals surface area contributed by atoms with E-state index >= 15 is 0 Å². The Morgan fingerprint density at radius 2 is 1.63 bits per heavy atom. The predicted octanol–water partition coefficient (Wildman–Crippen LogP) is -3.13. The van der Waals surface area contributed by atoms with Crippen molar-refractivity contribution in [2.24, 2.45) is 0 Å². The Balaban J connectivity index is 2.45. The van der Waals surface area contributed by atoms with Crippen LogP contribution in [0.5, 0.6) is 0 Å². The first kappa shape index (κ1) is 25.8. The molecule has 2 atom stereocenters. The lowest BCUT2D eigenvalue weighted by atomic mass is 9.91. The smallest absolute Gasteiger partial charge is 0.270 e. The lowest BCUT2D eigenvalue weighted by Gasteiger charge is -2.62. The second-order valence-electron chi connectivity index (χ2n) is 8.17. The fourth-order valence-corrected chi connectivity index (χ4v) is 5.98. The second-order valence-corrected chi connectivity index (χ2v) is 11.3. The highest BCUT2D eigenvalue weighted by Crippen LogP contribution is 2.36. The molecule has 0 amide bonds. The Morgan fingerprint density at radius 3 is 2.13 bits per heavy atom. The summed E-state index contributed by atoms with van der Waals surface area (Å²) in [6.45, 7) is 5.34. The standard InChI is InChI=1S/C16H34N4O8S2/c1-15(22)16(14-17-2-3-19(16)7-12-29(23,24)25)20(10-13-30(26,27)28)8-4-18(5-9-20)6-11-21/h15,17,21-22H,2-14H2,1H3,(H-,23,24,25,26,27,28)/p+1. The van der Waals surface area contributed by atoms with Crippen LogP contribution in [0.3, 0.4) is 0 Å². The van der Waals surface area contributed by atoms with Crippen LogP contribution in [0.2, 0.25) is 0 Å². The summed E-state index contributed by atoms with van der Waals surface area (Å²) in [7, 11) is -8.48. The summed E-state index contributed by atoms with van der Waals surface area (Å²) in [5.41, 5.74) is -1.04. The van der Waals surface area contributed by atoms with E-state index in [1.54, 1.807) is 6.92 Å². The summed E-state index contributed by atoms with van der Waals surface area (Å²) in [6, 6.07) is 0. The Hall–Kier alpha value is -0.420. The normalized spacial score (nSPS) is 27.8. The van der Waals surface area contributed by atoms with Crippen LogP contribution in [-0.4, -0.2) is 146 Å². The highest BCUT2D eigenvalue weighted by molar-refractivity contribution is 7.86. The van der Waals surface area contributed by atoms with Gasteiger partial charge in [-0.15, -0.1) is 0 Å². The minimum Gasteiger partial charge on any atom is -0.395 e. The number of hydrogen-bond donors (Lipinski definition) is 5. The van der Waals surface area contributed by atoms with E-state index in [0.717, 1.165) is 0 Å². The van der Waals surface area contributed by atoms with E-state index in [0.29, 0.717) is 52.4 Å². The van der Waals surface area contributed by atoms with Gasteiger partial charge in [-0.3, -0.25) is 18.5 Å². The van der Waals surface area contributed by atoms with Crippen LogP contribution >= 0.6 is 0 Å². The Bertz CT molecular complexity index is 768. The third-order valence-electron chi connectivity index (χ3n) is 6.48. The number of aliphatic hydroxyl groups excluding tert-OH is 2. The van der Waals surface area contributed by atoms with Gasteiger partial charge in [-0.25, -0.2) is 4.90 Å². The molecule has 0 saturated carbocycles. The van der Waals surface area contributed by atoms with E-state index in [-0.39, 0.29) is 24.2 Å². The largest absolute Gasteiger partial charge is 0.395 e. The number of rotatable bonds is 10. The SMILES string of the molecule is CC(O)C1([N+]2(CCS(=O)(=O)O)CCN(CCO)CC2)CNCCN1CCS(=O)(=O)O. The van der Waals surface area contributed by atoms with Crippen molar-refractivity contribution >= 4 is 20.2 Å². The molecule has 30 heavy (non-hydrogen) atoms. The van der Waals surface area contributed by atoms with E-state index in [2.05, 4.69) is 5.32 Å². The first-order valence-electron chi connectivity index (χ1n) is 10.1. The van der Waals surface area contributed by atoms with Crippen molar-refractivity contribution in [1.82, 2.24) is 15.1 Å². The van der Waals surface area contributed by atoms with Gasteiger partial charge in [-0.05, 0) is 6.92 Å². The van der Waals surface area contributed by atoms with Crippen LogP contribution in [0.1, 0.15) is 6.92 Å². The lowest BCUT2D eigenvalue weighted by molar-refractivity contribution is -0.993. The van der Waals surface area contributed by atoms with Gasteiger partial charge in [0.25, 0.3) is 20.2 Å². The molecule has 2 rings (SSSR count). The molecular weight excluding hydrogens is 440 g/mol. The van der Waals surface area contributed by atoms with Crippen LogP contribution in [0.4, 0.5) is 0 Å². The summed E-state index contributed by atoms with van der Waals surface area (Å²) in [5, 5.41) is 23.5. The molecule has 0 bridgehead atoms. The van der Waals surface area contributed by atoms with Crippen molar-refractivity contribution in [3.8, 4) is 0 Å². The number of nitrogens with zero attached hydrogens (tertiary/aromatic N) is 3. The maximum atomic E-state index is 11.6. The maximum Gasteiger partial charge on any atom is 0.270 e. The highest BCUT2D eigenvalue weighted by atomic mass is 32.2. The van der Waals surface area contributed by atoms with E-state index < -0.39 is 43.5 Å². The molecule has 14 heteroatoms. The number of aliphatic hydroxyl groups is 2. The highest BCUT2D eigenvalue weighted by Gasteiger charge is 2.59. The van der Waals surface area contributed by atoms with Gasteiger partial charge in [0, 0.05) is 39.3 Å². The number of hydrogen-bond acceptors (Lipinski definition) is 9. The number of piperazine rings is 2. The van der Waals surface area contributed by atoms with Gasteiger partial charge in [0.1, 0.15) is 11.9 Å². The zero-order valence-corrected chi connectivity index (χ0v) is 19.0. The summed E-state index contributed by atoms with van der Waals surface area (Å²) in [5.74, 6) is -0.996. The zero-order chi connectivity index (χ0) is 22.6. The Kier molecular flexibility index (Phi) is 8.63. The minimum atomic E-state index is -4.26. The summed E-state index contributed by atoms with van der Waals surface area (Å²) in [4.78, 5) is 3.87. The van der Waals surface area contributed by atoms with E-state index in [1.165, 1.54) is 0 Å². The number of nitrogens with one attached hydrogen (secondary N) is 1. The molecule has 2 saturated heterocycles. The molecule has 2 aliphatic heterocycles. The maximum absolute atomic E-state index is 11.6. The van der Waals surface area contributed by atoms with E-state index in [9.17, 15) is 36.2 Å². The number of quaternary nitrogens is 1. The average Bonchev–Trinajstić information content (AvgIpc) is 2.65. The molecule has 2 unspecified atom stereocenters. The summed E-state index contributed by atoms with van der Waals surface area (Å²) in [6.07, 6.45) is -0.961. The molecule has 2 aliphatic rings. The molecule has 5 N–H and O–H groups in total. The van der Waals surface area contributed by atoms with Crippen LogP contribution < -0.4 is 5.32 Å². The van der Waals surface area contributed by atoms with Gasteiger partial charge >= 0.3 is 0 Å². The molecule has 2 fully saturated rings. The average molecular weight is 476 g/mol. The van der Waals surface area contributed by atoms with Crippen LogP contribution in [0.15, 0.2) is 0 Å². The van der Waals surface area contributed by atoms with Gasteiger partial charge in [0.15, 0.2) is 5.66 Å². The molecular formula is C16H35N4O8S2+. The third-order valence-corrected chi connectivity index (χ3v) is 7.88. The predicted molar refractivity (Wildman–Crippen MR) is 110 cm³/mol. The van der Waals surface area contributed by atoms with Crippen molar-refractivity contribution in [3.05, 3.63) is 0 Å². The van der Waals surface area contributed by atoms with Crippen molar-refractivity contribution in [1.29, 1.82) is 0 Å². The molecule has 0 aromatic rings. The molecule has 0 aromatic heterocycles. The van der Waals surface area contributed by atoms with Gasteiger partial charge in [-0.2, -0.15) is 16.8 Å². The molecule has 178 valence electrons. The molecule has 12 nitrogen and oxygen atoms in total. The Labute approximate surface area is 178 Å². The Morgan fingerprint density at radius 1 is 1.03 bits per heavy atom. The zero-order valence-electron chi connectivity index (χ0n) is 17.3. The minimum absolute atomic E-state index is 0.00535. The first-order chi connectivity index (χ1) is 13.9. The van der Waals surface area contributed by atoms with Crippen molar-refractivity contribution < 1.29 is 40.6 Å². The first-order valence-corrected chi connectivity index (χ1v) is 13.3. The van der Waals surface area contributed by atoms with Gasteiger partial charge in [0.05, 0.1) is 38.5 Å². The van der Waals surface area contributed by atoms with E-state index in [4.69, 9.17) is 0 Å². The fourth-order valence-electron chi connectivity index (χ4n) is 4.95. The van der Waals surface area contributed by atoms with Gasteiger partial charge in [-0.1, -0.05) is 0 Å². The van der Waals surface area contributed by atoms with Crippen LogP contribution in [0, 0.1) is 0 Å². The van der Waals surface area contributed by atoms with E-state index in [1.807, 2.05) is 9.80 Å². The van der Waals surface area contributed by atoms with Crippen molar-refractivity contribution in [2.45, 2.75) is 18.7 Å². The van der Waals surface area contributed by atoms with Crippen molar-refractivity contribution in [2.75, 3.05) is 83.6 Å². The molecule has 0 spiro atoms. The van der Waals surface area contributed by atoms with Crippen LogP contribution in [-0.2, 0) is 20.2 Å². The molecule has 0 aliphatic carbocycles. The topological polar surface area (TPSA) is 168 Å². The van der Waals surface area contributed by atoms with Gasteiger partial charge in [0.2, 0.25) is 0 Å². The number of β-amino-alcohol motifs (C(OH)–C–C–N with tert-alkyl or cyclic N) is 1. The quantitative estimate of drug-likeness (QED) is 0.160. The second kappa shape index (κ2) is 10.0. The third kappa shape index (κ3) is 6.09. The van der Waals surface area contributed by atoms with Gasteiger partial charge < -0.3 is 15.5 Å². The van der Waals surface area contributed by atoms with Crippen LogP contribution in [0.25, 0.3) is 0 Å². The molecule has 2 heterocycles. The summed E-state index contributed by atoms with van der Waals surface area (Å²) >= 11 is 0. The van der Waals surface area contributed by atoms with Crippen molar-refractivity contribution in [3.63, 3.8) is 0 Å². The fraction of sp³-hybridized carbons (Fsp3) is 1.00. The molecule has 0 radical (unpaired) electrons. The lowest BCUT2D eigenvalue weighted by Crippen LogP contribution is -2.84.